The molecule has 108 valence electrons. The monoisotopic (exact) mass is 304 g/mol. The summed E-state index contributed by atoms with van der Waals surface area (Å²) in [6, 6.07) is 0. The second-order valence-corrected chi connectivity index (χ2v) is 5.93. The number of hydrogen-bond acceptors (Lipinski definition) is 4. The van der Waals surface area contributed by atoms with Crippen LogP contribution in [0.25, 0.3) is 0 Å². The van der Waals surface area contributed by atoms with Gasteiger partial charge in [0.1, 0.15) is 5.01 Å². The minimum Gasteiger partial charge on any atom is -0.381 e. The van der Waals surface area contributed by atoms with Crippen molar-refractivity contribution in [1.29, 1.82) is 0 Å². The Hall–Kier alpha value is -0.650. The smallest absolute Gasteiger partial charge is 0.226 e. The van der Waals surface area contributed by atoms with Crippen molar-refractivity contribution in [2.45, 2.75) is 32.6 Å². The normalized spacial score (nSPS) is 10.9. The molecule has 1 aromatic heterocycles. The Labute approximate surface area is 123 Å². The molecule has 0 saturated heterocycles. The number of nitrogens with zero attached hydrogens (tertiary/aromatic N) is 1. The zero-order valence-electron chi connectivity index (χ0n) is 11.4. The minimum atomic E-state index is -0.000618. The number of aromatic nitrogens is 1. The van der Waals surface area contributed by atoms with E-state index in [0.29, 0.717) is 31.4 Å². The predicted molar refractivity (Wildman–Crippen MR) is 78.7 cm³/mol. The van der Waals surface area contributed by atoms with E-state index in [4.69, 9.17) is 16.3 Å². The molecule has 1 heterocycles. The zero-order valence-corrected chi connectivity index (χ0v) is 13.0. The van der Waals surface area contributed by atoms with E-state index in [1.54, 1.807) is 0 Å². The van der Waals surface area contributed by atoms with E-state index in [1.165, 1.54) is 11.3 Å². The van der Waals surface area contributed by atoms with E-state index in [1.807, 2.05) is 5.38 Å². The highest BCUT2D eigenvalue weighted by molar-refractivity contribution is 7.09. The van der Waals surface area contributed by atoms with Gasteiger partial charge in [0.15, 0.2) is 0 Å². The highest BCUT2D eigenvalue weighted by atomic mass is 35.5. The third-order valence-corrected chi connectivity index (χ3v) is 3.46. The van der Waals surface area contributed by atoms with Crippen LogP contribution < -0.4 is 5.32 Å². The Bertz CT molecular complexity index is 382. The molecule has 19 heavy (non-hydrogen) atoms. The van der Waals surface area contributed by atoms with Crippen LogP contribution in [0.3, 0.4) is 0 Å². The Kier molecular flexibility index (Phi) is 8.02. The maximum atomic E-state index is 11.6. The summed E-state index contributed by atoms with van der Waals surface area (Å²) in [7, 11) is 0. The average Bonchev–Trinajstić information content (AvgIpc) is 2.81. The molecule has 1 aromatic rings. The van der Waals surface area contributed by atoms with Crippen molar-refractivity contribution in [3.63, 3.8) is 0 Å². The average molecular weight is 305 g/mol. The Balaban J connectivity index is 2.08. The second kappa shape index (κ2) is 9.28. The largest absolute Gasteiger partial charge is 0.381 e. The van der Waals surface area contributed by atoms with E-state index in [-0.39, 0.29) is 5.91 Å². The number of carbonyl (C=O) groups is 1. The van der Waals surface area contributed by atoms with Gasteiger partial charge in [-0.05, 0) is 12.3 Å². The van der Waals surface area contributed by atoms with Crippen LogP contribution in [0, 0.1) is 5.92 Å². The van der Waals surface area contributed by atoms with Crippen LogP contribution in [0.4, 0.5) is 0 Å². The summed E-state index contributed by atoms with van der Waals surface area (Å²) in [5.41, 5.74) is 0.830. The number of nitrogens with one attached hydrogen (secondary N) is 1. The first-order valence-corrected chi connectivity index (χ1v) is 7.87. The van der Waals surface area contributed by atoms with Crippen LogP contribution in [0.15, 0.2) is 5.38 Å². The molecule has 0 fully saturated rings. The molecule has 0 radical (unpaired) electrons. The topological polar surface area (TPSA) is 51.2 Å². The standard InChI is InChI=1S/C13H21ClN2O2S/c1-10(2)8-18-5-3-4-15-12(17)6-13-16-11(7-14)9-19-13/h9-10H,3-8H2,1-2H3,(H,15,17). The maximum Gasteiger partial charge on any atom is 0.226 e. The van der Waals surface area contributed by atoms with Gasteiger partial charge >= 0.3 is 0 Å². The molecule has 6 heteroatoms. The van der Waals surface area contributed by atoms with Crippen LogP contribution in [0.1, 0.15) is 31.0 Å². The summed E-state index contributed by atoms with van der Waals surface area (Å²) in [5, 5.41) is 5.56. The highest BCUT2D eigenvalue weighted by Gasteiger charge is 2.07. The van der Waals surface area contributed by atoms with Crippen LogP contribution >= 0.6 is 22.9 Å². The van der Waals surface area contributed by atoms with Gasteiger partial charge in [-0.1, -0.05) is 13.8 Å². The van der Waals surface area contributed by atoms with Crippen molar-refractivity contribution in [3.8, 4) is 0 Å². The molecule has 1 N–H and O–H groups in total. The van der Waals surface area contributed by atoms with Gasteiger partial charge in [0.2, 0.25) is 5.91 Å². The van der Waals surface area contributed by atoms with Crippen molar-refractivity contribution in [1.82, 2.24) is 10.3 Å². The van der Waals surface area contributed by atoms with Gasteiger partial charge in [0, 0.05) is 25.1 Å². The number of thiazole rings is 1. The first kappa shape index (κ1) is 16.4. The van der Waals surface area contributed by atoms with Crippen LogP contribution in [0.2, 0.25) is 0 Å². The quantitative estimate of drug-likeness (QED) is 0.563. The molecule has 0 saturated carbocycles. The zero-order chi connectivity index (χ0) is 14.1. The summed E-state index contributed by atoms with van der Waals surface area (Å²) in [6.07, 6.45) is 1.16. The number of amides is 1. The number of alkyl halides is 1. The van der Waals surface area contributed by atoms with Gasteiger partial charge in [0.25, 0.3) is 0 Å². The number of rotatable bonds is 9. The molecule has 1 rings (SSSR count). The molecule has 0 aliphatic heterocycles. The summed E-state index contributed by atoms with van der Waals surface area (Å²) in [6.45, 7) is 6.33. The van der Waals surface area contributed by atoms with Crippen molar-refractivity contribution >= 4 is 28.8 Å². The van der Waals surface area contributed by atoms with Crippen molar-refractivity contribution in [3.05, 3.63) is 16.1 Å². The van der Waals surface area contributed by atoms with Crippen molar-refractivity contribution in [2.75, 3.05) is 19.8 Å². The summed E-state index contributed by atoms with van der Waals surface area (Å²) < 4.78 is 5.44. The third kappa shape index (κ3) is 7.50. The Morgan fingerprint density at radius 3 is 3.00 bits per heavy atom. The number of ether oxygens (including phenoxy) is 1. The fourth-order valence-electron chi connectivity index (χ4n) is 1.41. The Morgan fingerprint density at radius 1 is 1.58 bits per heavy atom. The van der Waals surface area contributed by atoms with E-state index < -0.39 is 0 Å². The van der Waals surface area contributed by atoms with Gasteiger partial charge in [-0.2, -0.15) is 0 Å². The molecule has 0 aliphatic carbocycles. The first-order valence-electron chi connectivity index (χ1n) is 6.45. The van der Waals surface area contributed by atoms with E-state index in [2.05, 4.69) is 24.1 Å². The fraction of sp³-hybridized carbons (Fsp3) is 0.692. The summed E-state index contributed by atoms with van der Waals surface area (Å²) >= 11 is 7.13. The molecule has 0 atom stereocenters. The van der Waals surface area contributed by atoms with Gasteiger partial charge < -0.3 is 10.1 Å². The number of hydrogen-bond donors (Lipinski definition) is 1. The molecule has 0 aliphatic rings. The molecule has 4 nitrogen and oxygen atoms in total. The van der Waals surface area contributed by atoms with Crippen LogP contribution in [-0.2, 0) is 21.8 Å². The molecular formula is C13H21ClN2O2S. The number of halogens is 1. The third-order valence-electron chi connectivity index (χ3n) is 2.29. The number of carbonyl (C=O) groups excluding carboxylic acids is 1. The molecule has 0 aromatic carbocycles. The lowest BCUT2D eigenvalue weighted by atomic mass is 10.2. The fourth-order valence-corrected chi connectivity index (χ4v) is 2.43. The van der Waals surface area contributed by atoms with E-state index in [0.717, 1.165) is 23.7 Å². The second-order valence-electron chi connectivity index (χ2n) is 4.72. The molecule has 0 spiro atoms. The molecule has 0 unspecified atom stereocenters. The predicted octanol–water partition coefficient (Wildman–Crippen LogP) is 2.60. The summed E-state index contributed by atoms with van der Waals surface area (Å²) in [5.74, 6) is 0.945. The van der Waals surface area contributed by atoms with Gasteiger partial charge in [-0.3, -0.25) is 4.79 Å². The maximum absolute atomic E-state index is 11.6. The lowest BCUT2D eigenvalue weighted by Crippen LogP contribution is -2.26. The molecule has 1 amide bonds. The highest BCUT2D eigenvalue weighted by Crippen LogP contribution is 2.11. The van der Waals surface area contributed by atoms with Gasteiger partial charge in [-0.15, -0.1) is 22.9 Å². The minimum absolute atomic E-state index is 0.000618. The SMILES string of the molecule is CC(C)COCCCNC(=O)Cc1nc(CCl)cs1. The first-order chi connectivity index (χ1) is 9.11. The van der Waals surface area contributed by atoms with E-state index >= 15 is 0 Å². The molecular weight excluding hydrogens is 284 g/mol. The summed E-state index contributed by atoms with van der Waals surface area (Å²) in [4.78, 5) is 15.9. The molecule has 0 bridgehead atoms. The van der Waals surface area contributed by atoms with Gasteiger partial charge in [-0.25, -0.2) is 4.98 Å². The lowest BCUT2D eigenvalue weighted by molar-refractivity contribution is -0.120. The van der Waals surface area contributed by atoms with Crippen molar-refractivity contribution in [2.24, 2.45) is 5.92 Å². The Morgan fingerprint density at radius 2 is 2.37 bits per heavy atom. The van der Waals surface area contributed by atoms with Crippen LogP contribution in [-0.4, -0.2) is 30.6 Å². The van der Waals surface area contributed by atoms with Crippen LogP contribution in [0.5, 0.6) is 0 Å². The lowest BCUT2D eigenvalue weighted by Gasteiger charge is -2.07. The van der Waals surface area contributed by atoms with E-state index in [9.17, 15) is 4.79 Å². The van der Waals surface area contributed by atoms with Crippen molar-refractivity contribution < 1.29 is 9.53 Å². The van der Waals surface area contributed by atoms with Gasteiger partial charge in [0.05, 0.1) is 18.0 Å².